The number of anilines is 1. The summed E-state index contributed by atoms with van der Waals surface area (Å²) in [5.74, 6) is 0.736. The van der Waals surface area contributed by atoms with Crippen LogP contribution in [0.2, 0.25) is 0 Å². The Balaban J connectivity index is 1.74. The molecule has 0 unspecified atom stereocenters. The highest BCUT2D eigenvalue weighted by atomic mass is 79.9. The van der Waals surface area contributed by atoms with Crippen LogP contribution < -0.4 is 10.1 Å². The van der Waals surface area contributed by atoms with Gasteiger partial charge in [0.2, 0.25) is 0 Å². The lowest BCUT2D eigenvalue weighted by Crippen LogP contribution is -2.04. The molecule has 0 aliphatic rings. The van der Waals surface area contributed by atoms with E-state index in [1.165, 1.54) is 12.1 Å². The predicted octanol–water partition coefficient (Wildman–Crippen LogP) is 6.31. The van der Waals surface area contributed by atoms with Gasteiger partial charge in [0.25, 0.3) is 5.69 Å². The zero-order valence-corrected chi connectivity index (χ0v) is 17.4. The van der Waals surface area contributed by atoms with E-state index >= 15 is 0 Å². The van der Waals surface area contributed by atoms with Crippen LogP contribution in [-0.2, 0) is 13.2 Å². The molecule has 0 saturated carbocycles. The first-order chi connectivity index (χ1) is 13.0. The smallest absolute Gasteiger partial charge is 0.269 e. The Labute approximate surface area is 173 Å². The van der Waals surface area contributed by atoms with Gasteiger partial charge < -0.3 is 10.1 Å². The van der Waals surface area contributed by atoms with E-state index in [2.05, 4.69) is 37.2 Å². The lowest BCUT2D eigenvalue weighted by molar-refractivity contribution is -0.384. The third-order valence-corrected chi connectivity index (χ3v) is 4.92. The van der Waals surface area contributed by atoms with Crippen molar-refractivity contribution in [1.29, 1.82) is 0 Å². The molecule has 0 bridgehead atoms. The zero-order chi connectivity index (χ0) is 19.2. The van der Waals surface area contributed by atoms with E-state index in [1.54, 1.807) is 12.1 Å². The molecule has 3 rings (SSSR count). The molecule has 0 aliphatic heterocycles. The lowest BCUT2D eigenvalue weighted by atomic mass is 10.2. The molecule has 3 aromatic carbocycles. The van der Waals surface area contributed by atoms with Gasteiger partial charge in [0.15, 0.2) is 0 Å². The Morgan fingerprint density at radius 3 is 2.37 bits per heavy atom. The number of hydrogen-bond acceptors (Lipinski definition) is 4. The Kier molecular flexibility index (Phi) is 6.47. The minimum absolute atomic E-state index is 0.0660. The van der Waals surface area contributed by atoms with Gasteiger partial charge in [0.1, 0.15) is 12.4 Å². The Bertz CT molecular complexity index is 932. The van der Waals surface area contributed by atoms with E-state index < -0.39 is 4.92 Å². The Hall–Kier alpha value is -2.38. The third-order valence-electron chi connectivity index (χ3n) is 3.87. The van der Waals surface area contributed by atoms with Gasteiger partial charge in [-0.05, 0) is 57.9 Å². The number of nitrogens with zero attached hydrogens (tertiary/aromatic N) is 1. The molecule has 3 aromatic rings. The fraction of sp³-hybridized carbons (Fsp3) is 0.100. The van der Waals surface area contributed by atoms with Crippen molar-refractivity contribution in [3.05, 3.63) is 96.9 Å². The number of ether oxygens (including phenoxy) is 1. The second kappa shape index (κ2) is 9.01. The molecular weight excluding hydrogens is 476 g/mol. The first-order valence-corrected chi connectivity index (χ1v) is 9.74. The second-order valence-corrected chi connectivity index (χ2v) is 7.58. The number of hydrogen-bond donors (Lipinski definition) is 1. The number of benzene rings is 3. The topological polar surface area (TPSA) is 64.4 Å². The summed E-state index contributed by atoms with van der Waals surface area (Å²) in [7, 11) is 0. The van der Waals surface area contributed by atoms with Crippen LogP contribution in [0, 0.1) is 10.1 Å². The predicted molar refractivity (Wildman–Crippen MR) is 113 cm³/mol. The Morgan fingerprint density at radius 2 is 1.70 bits per heavy atom. The van der Waals surface area contributed by atoms with Gasteiger partial charge >= 0.3 is 0 Å². The first kappa shape index (κ1) is 19.4. The number of nitrogens with one attached hydrogen (secondary N) is 1. The van der Waals surface area contributed by atoms with Crippen molar-refractivity contribution >= 4 is 43.2 Å². The number of non-ortho nitro benzene ring substituents is 1. The molecular formula is C20H16Br2N2O3. The van der Waals surface area contributed by atoms with Crippen LogP contribution in [-0.4, -0.2) is 4.92 Å². The SMILES string of the molecule is O=[N+]([O-])c1ccc(COc2c(Br)cc(Br)cc2CNc2ccccc2)cc1. The molecule has 0 aromatic heterocycles. The number of para-hydroxylation sites is 1. The summed E-state index contributed by atoms with van der Waals surface area (Å²) in [5.41, 5.74) is 2.94. The van der Waals surface area contributed by atoms with Gasteiger partial charge in [-0.1, -0.05) is 34.1 Å². The van der Waals surface area contributed by atoms with Gasteiger partial charge in [-0.25, -0.2) is 0 Å². The van der Waals surface area contributed by atoms with Crippen molar-refractivity contribution in [1.82, 2.24) is 0 Å². The van der Waals surface area contributed by atoms with Crippen molar-refractivity contribution in [3.8, 4) is 5.75 Å². The molecule has 0 fully saturated rings. The summed E-state index contributed by atoms with van der Waals surface area (Å²) in [6, 6.07) is 20.2. The van der Waals surface area contributed by atoms with Crippen LogP contribution in [0.15, 0.2) is 75.7 Å². The van der Waals surface area contributed by atoms with E-state index in [4.69, 9.17) is 4.74 Å². The fourth-order valence-electron chi connectivity index (χ4n) is 2.53. The summed E-state index contributed by atoms with van der Waals surface area (Å²) in [6.45, 7) is 0.911. The lowest BCUT2D eigenvalue weighted by Gasteiger charge is -2.15. The second-order valence-electron chi connectivity index (χ2n) is 5.81. The molecule has 0 amide bonds. The highest BCUT2D eigenvalue weighted by Gasteiger charge is 2.12. The molecule has 0 saturated heterocycles. The Morgan fingerprint density at radius 1 is 1.00 bits per heavy atom. The molecule has 1 N–H and O–H groups in total. The minimum Gasteiger partial charge on any atom is -0.487 e. The van der Waals surface area contributed by atoms with Crippen molar-refractivity contribution in [2.24, 2.45) is 0 Å². The number of halogens is 2. The van der Waals surface area contributed by atoms with Crippen LogP contribution in [0.1, 0.15) is 11.1 Å². The van der Waals surface area contributed by atoms with Crippen LogP contribution in [0.5, 0.6) is 5.75 Å². The van der Waals surface area contributed by atoms with E-state index in [9.17, 15) is 10.1 Å². The van der Waals surface area contributed by atoms with Crippen LogP contribution in [0.4, 0.5) is 11.4 Å². The summed E-state index contributed by atoms with van der Waals surface area (Å²) in [4.78, 5) is 10.3. The van der Waals surface area contributed by atoms with Crippen LogP contribution >= 0.6 is 31.9 Å². The largest absolute Gasteiger partial charge is 0.487 e. The molecule has 0 spiro atoms. The monoisotopic (exact) mass is 490 g/mol. The highest BCUT2D eigenvalue weighted by Crippen LogP contribution is 2.34. The van der Waals surface area contributed by atoms with Gasteiger partial charge in [-0.15, -0.1) is 0 Å². The molecule has 138 valence electrons. The molecule has 27 heavy (non-hydrogen) atoms. The summed E-state index contributed by atoms with van der Waals surface area (Å²) in [6.07, 6.45) is 0. The third kappa shape index (κ3) is 5.30. The average molecular weight is 492 g/mol. The van der Waals surface area contributed by atoms with Crippen LogP contribution in [0.25, 0.3) is 0 Å². The average Bonchev–Trinajstić information content (AvgIpc) is 2.66. The van der Waals surface area contributed by atoms with Gasteiger partial charge in [-0.2, -0.15) is 0 Å². The quantitative estimate of drug-likeness (QED) is 0.310. The highest BCUT2D eigenvalue weighted by molar-refractivity contribution is 9.11. The van der Waals surface area contributed by atoms with Gasteiger partial charge in [0.05, 0.1) is 9.40 Å². The maximum absolute atomic E-state index is 10.8. The van der Waals surface area contributed by atoms with Gasteiger partial charge in [0, 0.05) is 34.4 Å². The van der Waals surface area contributed by atoms with Crippen LogP contribution in [0.3, 0.4) is 0 Å². The summed E-state index contributed by atoms with van der Waals surface area (Å²) < 4.78 is 7.80. The van der Waals surface area contributed by atoms with Crippen molar-refractivity contribution in [2.75, 3.05) is 5.32 Å². The number of rotatable bonds is 7. The van der Waals surface area contributed by atoms with E-state index in [0.29, 0.717) is 13.2 Å². The summed E-state index contributed by atoms with van der Waals surface area (Å²) in [5, 5.41) is 14.1. The molecule has 0 radical (unpaired) electrons. The molecule has 5 nitrogen and oxygen atoms in total. The van der Waals surface area contributed by atoms with Crippen molar-refractivity contribution in [2.45, 2.75) is 13.2 Å². The van der Waals surface area contributed by atoms with Gasteiger partial charge in [-0.3, -0.25) is 10.1 Å². The maximum atomic E-state index is 10.8. The fourth-order valence-corrected chi connectivity index (χ4v) is 3.96. The molecule has 0 aliphatic carbocycles. The standard InChI is InChI=1S/C20H16Br2N2O3/c21-16-10-15(12-23-17-4-2-1-3-5-17)20(19(22)11-16)27-13-14-6-8-18(9-7-14)24(25)26/h1-11,23H,12-13H2. The minimum atomic E-state index is -0.413. The first-order valence-electron chi connectivity index (χ1n) is 8.16. The van der Waals surface area contributed by atoms with Crippen molar-refractivity contribution in [3.63, 3.8) is 0 Å². The zero-order valence-electron chi connectivity index (χ0n) is 14.2. The number of nitro benzene ring substituents is 1. The number of nitro groups is 1. The van der Waals surface area contributed by atoms with E-state index in [0.717, 1.165) is 31.5 Å². The van der Waals surface area contributed by atoms with E-state index in [1.807, 2.05) is 42.5 Å². The molecule has 0 heterocycles. The molecule has 7 heteroatoms. The normalized spacial score (nSPS) is 10.4. The van der Waals surface area contributed by atoms with Crippen molar-refractivity contribution < 1.29 is 9.66 Å². The molecule has 0 atom stereocenters. The maximum Gasteiger partial charge on any atom is 0.269 e. The van der Waals surface area contributed by atoms with E-state index in [-0.39, 0.29) is 5.69 Å². The summed E-state index contributed by atoms with van der Waals surface area (Å²) >= 11 is 7.07.